The Labute approximate surface area is 104 Å². The molecule has 9 nitrogen and oxygen atoms in total. The summed E-state index contributed by atoms with van der Waals surface area (Å²) in [6.07, 6.45) is -1.03. The van der Waals surface area contributed by atoms with Crippen molar-refractivity contribution in [2.24, 2.45) is 5.28 Å². The summed E-state index contributed by atoms with van der Waals surface area (Å²) in [4.78, 5) is 25.7. The number of carbonyl (C=O) groups is 2. The van der Waals surface area contributed by atoms with Gasteiger partial charge in [-0.2, -0.15) is 0 Å². The third-order valence-electron chi connectivity index (χ3n) is 1.71. The lowest BCUT2D eigenvalue weighted by atomic mass is 10.4. The molecule has 18 heavy (non-hydrogen) atoms. The first-order chi connectivity index (χ1) is 8.23. The highest BCUT2D eigenvalue weighted by Gasteiger charge is 2.21. The van der Waals surface area contributed by atoms with Crippen LogP contribution >= 0.6 is 0 Å². The molecule has 0 aliphatic carbocycles. The smallest absolute Gasteiger partial charge is 0.329 e. The van der Waals surface area contributed by atoms with Crippen LogP contribution in [0.25, 0.3) is 0 Å². The van der Waals surface area contributed by atoms with Gasteiger partial charge in [-0.1, -0.05) is 0 Å². The van der Waals surface area contributed by atoms with E-state index in [1.807, 2.05) is 0 Å². The number of hydrogen-bond donors (Lipinski definition) is 1. The van der Waals surface area contributed by atoms with Crippen LogP contribution in [0.1, 0.15) is 27.7 Å². The van der Waals surface area contributed by atoms with E-state index in [9.17, 15) is 14.8 Å². The normalized spacial score (nSPS) is 13.1. The SMILES string of the molecule is CC(=O)OC(C)O/N=[N+](\[O-])N(CC(=O)O)C(C)C. The molecule has 104 valence electrons. The van der Waals surface area contributed by atoms with Crippen LogP contribution in [0.4, 0.5) is 0 Å². The fourth-order valence-corrected chi connectivity index (χ4v) is 0.988. The number of carboxylic acids is 1. The zero-order chi connectivity index (χ0) is 14.3. The summed E-state index contributed by atoms with van der Waals surface area (Å²) in [7, 11) is 0. The van der Waals surface area contributed by atoms with Gasteiger partial charge in [-0.05, 0) is 13.8 Å². The average Bonchev–Trinajstić information content (AvgIpc) is 2.21. The lowest BCUT2D eigenvalue weighted by molar-refractivity contribution is -0.717. The molecule has 1 unspecified atom stereocenters. The minimum atomic E-state index is -1.17. The van der Waals surface area contributed by atoms with Gasteiger partial charge >= 0.3 is 11.9 Å². The maximum Gasteiger partial charge on any atom is 0.329 e. The van der Waals surface area contributed by atoms with Crippen molar-refractivity contribution in [1.82, 2.24) is 5.01 Å². The first-order valence-corrected chi connectivity index (χ1v) is 5.23. The Morgan fingerprint density at radius 1 is 1.44 bits per heavy atom. The molecule has 1 atom stereocenters. The number of carboxylic acid groups (broad SMARTS) is 1. The third-order valence-corrected chi connectivity index (χ3v) is 1.71. The number of hydrogen-bond acceptors (Lipinski definition) is 6. The molecule has 0 aromatic rings. The Balaban J connectivity index is 4.51. The number of aliphatic carboxylic acids is 1. The molecule has 0 aromatic carbocycles. The summed E-state index contributed by atoms with van der Waals surface area (Å²) in [5, 5.41) is 24.1. The summed E-state index contributed by atoms with van der Waals surface area (Å²) in [5.41, 5.74) is 0. The number of nitrogens with zero attached hydrogens (tertiary/aromatic N) is 3. The number of ether oxygens (including phenoxy) is 1. The molecular weight excluding hydrogens is 246 g/mol. The maximum absolute atomic E-state index is 11.5. The largest absolute Gasteiger partial charge is 0.569 e. The number of hydrazine groups is 1. The second kappa shape index (κ2) is 7.30. The molecule has 0 heterocycles. The van der Waals surface area contributed by atoms with Gasteiger partial charge in [0.25, 0.3) is 6.29 Å². The molecule has 0 aliphatic rings. The Morgan fingerprint density at radius 3 is 2.39 bits per heavy atom. The molecule has 0 bridgehead atoms. The standard InChI is InChI=1S/C9H17N3O6/c1-6(2)11(5-9(14)15)12(16)10-18-8(4)17-7(3)13/h6,8H,5H2,1-4H3,(H,14,15)/b12-10-. The van der Waals surface area contributed by atoms with E-state index in [-0.39, 0.29) is 11.0 Å². The predicted molar refractivity (Wildman–Crippen MR) is 57.8 cm³/mol. The minimum Gasteiger partial charge on any atom is -0.569 e. The van der Waals surface area contributed by atoms with E-state index < -0.39 is 24.8 Å². The van der Waals surface area contributed by atoms with Crippen LogP contribution in [-0.2, 0) is 19.2 Å². The molecule has 1 N–H and O–H groups in total. The van der Waals surface area contributed by atoms with Crippen molar-refractivity contribution in [2.45, 2.75) is 40.0 Å². The summed E-state index contributed by atoms with van der Waals surface area (Å²) < 4.78 is 4.57. The van der Waals surface area contributed by atoms with E-state index in [1.165, 1.54) is 13.8 Å². The molecule has 0 amide bonds. The van der Waals surface area contributed by atoms with Crippen molar-refractivity contribution < 1.29 is 29.2 Å². The average molecular weight is 263 g/mol. The van der Waals surface area contributed by atoms with Crippen molar-refractivity contribution in [1.29, 1.82) is 0 Å². The highest BCUT2D eigenvalue weighted by molar-refractivity contribution is 5.68. The van der Waals surface area contributed by atoms with E-state index in [2.05, 4.69) is 14.9 Å². The van der Waals surface area contributed by atoms with E-state index in [0.29, 0.717) is 0 Å². The van der Waals surface area contributed by atoms with Crippen LogP contribution < -0.4 is 0 Å². The van der Waals surface area contributed by atoms with E-state index in [1.54, 1.807) is 13.8 Å². The van der Waals surface area contributed by atoms with Crippen LogP contribution in [0, 0.1) is 5.21 Å². The fourth-order valence-electron chi connectivity index (χ4n) is 0.988. The van der Waals surface area contributed by atoms with Crippen LogP contribution in [0.5, 0.6) is 0 Å². The Hall–Kier alpha value is -2.06. The van der Waals surface area contributed by atoms with E-state index in [4.69, 9.17) is 5.11 Å². The second-order valence-electron chi connectivity index (χ2n) is 3.70. The van der Waals surface area contributed by atoms with Crippen molar-refractivity contribution in [3.8, 4) is 0 Å². The quantitative estimate of drug-likeness (QED) is 0.234. The van der Waals surface area contributed by atoms with Gasteiger partial charge in [0.05, 0.1) is 11.0 Å². The van der Waals surface area contributed by atoms with Crippen LogP contribution in [0.2, 0.25) is 0 Å². The van der Waals surface area contributed by atoms with E-state index in [0.717, 1.165) is 5.01 Å². The van der Waals surface area contributed by atoms with Gasteiger partial charge < -0.3 is 15.1 Å². The number of esters is 1. The fraction of sp³-hybridized carbons (Fsp3) is 0.778. The van der Waals surface area contributed by atoms with Crippen molar-refractivity contribution in [2.75, 3.05) is 6.54 Å². The molecule has 0 radical (unpaired) electrons. The lowest BCUT2D eigenvalue weighted by Crippen LogP contribution is -2.40. The predicted octanol–water partition coefficient (Wildman–Crippen LogP) is 0.500. The summed E-state index contributed by atoms with van der Waals surface area (Å²) >= 11 is 0. The molecule has 0 aliphatic heterocycles. The number of rotatable bonds is 7. The van der Waals surface area contributed by atoms with Gasteiger partial charge in [-0.3, -0.25) is 14.4 Å². The summed E-state index contributed by atoms with van der Waals surface area (Å²) in [6.45, 7) is 5.28. The van der Waals surface area contributed by atoms with Crippen LogP contribution in [0.15, 0.2) is 5.28 Å². The molecule has 0 rings (SSSR count). The highest BCUT2D eigenvalue weighted by Crippen LogP contribution is 2.01. The molecule has 0 saturated carbocycles. The van der Waals surface area contributed by atoms with E-state index >= 15 is 0 Å². The molecule has 9 heteroatoms. The Kier molecular flexibility index (Phi) is 6.47. The maximum atomic E-state index is 11.5. The third kappa shape index (κ3) is 6.51. The van der Waals surface area contributed by atoms with Gasteiger partial charge in [0.2, 0.25) is 5.28 Å². The zero-order valence-electron chi connectivity index (χ0n) is 10.7. The second-order valence-corrected chi connectivity index (χ2v) is 3.70. The minimum absolute atomic E-state index is 0.0127. The highest BCUT2D eigenvalue weighted by atomic mass is 16.8. The molecule has 0 spiro atoms. The van der Waals surface area contributed by atoms with Gasteiger partial charge in [0.15, 0.2) is 6.54 Å². The summed E-state index contributed by atoms with van der Waals surface area (Å²) in [6, 6.07) is -0.380. The van der Waals surface area contributed by atoms with Crippen LogP contribution in [-0.4, -0.2) is 45.9 Å². The molecule has 0 aromatic heterocycles. The molecule has 0 saturated heterocycles. The Bertz CT molecular complexity index is 330. The summed E-state index contributed by atoms with van der Waals surface area (Å²) in [5.74, 6) is -1.76. The topological polar surface area (TPSA) is 114 Å². The van der Waals surface area contributed by atoms with Crippen molar-refractivity contribution in [3.63, 3.8) is 0 Å². The first kappa shape index (κ1) is 15.9. The molecular formula is C9H17N3O6. The van der Waals surface area contributed by atoms with Gasteiger partial charge in [0.1, 0.15) is 0 Å². The lowest BCUT2D eigenvalue weighted by Gasteiger charge is -2.19. The van der Waals surface area contributed by atoms with Gasteiger partial charge in [-0.15, -0.1) is 5.01 Å². The van der Waals surface area contributed by atoms with Gasteiger partial charge in [-0.25, -0.2) is 0 Å². The Morgan fingerprint density at radius 2 is 2.00 bits per heavy atom. The molecule has 0 fully saturated rings. The van der Waals surface area contributed by atoms with Crippen molar-refractivity contribution >= 4 is 11.9 Å². The monoisotopic (exact) mass is 263 g/mol. The van der Waals surface area contributed by atoms with Crippen molar-refractivity contribution in [3.05, 3.63) is 5.21 Å². The number of carbonyl (C=O) groups excluding carboxylic acids is 1. The van der Waals surface area contributed by atoms with Gasteiger partial charge in [0, 0.05) is 13.8 Å². The zero-order valence-corrected chi connectivity index (χ0v) is 10.7. The first-order valence-electron chi connectivity index (χ1n) is 5.23. The van der Waals surface area contributed by atoms with Crippen LogP contribution in [0.3, 0.4) is 0 Å².